The third-order valence-electron chi connectivity index (χ3n) is 2.46. The summed E-state index contributed by atoms with van der Waals surface area (Å²) in [5.41, 5.74) is 0. The highest BCUT2D eigenvalue weighted by molar-refractivity contribution is 9.09. The minimum absolute atomic E-state index is 0.386. The predicted octanol–water partition coefficient (Wildman–Crippen LogP) is 2.58. The van der Waals surface area contributed by atoms with Crippen molar-refractivity contribution in [3.63, 3.8) is 0 Å². The first kappa shape index (κ1) is 13.4. The standard InChI is InChI=1S/C11H21BrO3/c1-11(2)14-8-10(9-15-11)4-3-6-13-7-5-12/h10H,3-9H2,1-2H3. The molecule has 90 valence electrons. The molecule has 15 heavy (non-hydrogen) atoms. The first-order chi connectivity index (χ1) is 7.14. The van der Waals surface area contributed by atoms with Gasteiger partial charge in [-0.2, -0.15) is 0 Å². The number of hydrogen-bond donors (Lipinski definition) is 0. The maximum Gasteiger partial charge on any atom is 0.162 e. The SMILES string of the molecule is CC1(C)OCC(CCCOCCBr)CO1. The Bertz CT molecular complexity index is 163. The van der Waals surface area contributed by atoms with Crippen molar-refractivity contribution >= 4 is 15.9 Å². The van der Waals surface area contributed by atoms with E-state index in [9.17, 15) is 0 Å². The molecule has 0 unspecified atom stereocenters. The van der Waals surface area contributed by atoms with Crippen LogP contribution < -0.4 is 0 Å². The van der Waals surface area contributed by atoms with Crippen molar-refractivity contribution in [3.8, 4) is 0 Å². The van der Waals surface area contributed by atoms with Gasteiger partial charge in [0.05, 0.1) is 19.8 Å². The van der Waals surface area contributed by atoms with E-state index in [0.717, 1.165) is 44.6 Å². The van der Waals surface area contributed by atoms with Gasteiger partial charge >= 0.3 is 0 Å². The van der Waals surface area contributed by atoms with Crippen LogP contribution in [0.3, 0.4) is 0 Å². The van der Waals surface area contributed by atoms with Gasteiger partial charge in [0.15, 0.2) is 5.79 Å². The number of hydrogen-bond acceptors (Lipinski definition) is 3. The second kappa shape index (κ2) is 6.84. The molecular formula is C11H21BrO3. The van der Waals surface area contributed by atoms with Crippen molar-refractivity contribution in [2.75, 3.05) is 31.8 Å². The molecule has 1 fully saturated rings. The van der Waals surface area contributed by atoms with Crippen LogP contribution in [0.2, 0.25) is 0 Å². The monoisotopic (exact) mass is 280 g/mol. The lowest BCUT2D eigenvalue weighted by atomic mass is 10.0. The summed E-state index contributed by atoms with van der Waals surface area (Å²) in [4.78, 5) is 0. The second-order valence-electron chi connectivity index (χ2n) is 4.33. The van der Waals surface area contributed by atoms with Crippen molar-refractivity contribution in [2.24, 2.45) is 5.92 Å². The highest BCUT2D eigenvalue weighted by atomic mass is 79.9. The molecule has 1 saturated heterocycles. The van der Waals surface area contributed by atoms with Crippen molar-refractivity contribution < 1.29 is 14.2 Å². The molecule has 0 aliphatic carbocycles. The lowest BCUT2D eigenvalue weighted by Gasteiger charge is -2.34. The van der Waals surface area contributed by atoms with E-state index in [0.29, 0.717) is 5.92 Å². The van der Waals surface area contributed by atoms with Crippen LogP contribution in [0.25, 0.3) is 0 Å². The third kappa shape index (κ3) is 5.85. The fraction of sp³-hybridized carbons (Fsp3) is 1.00. The molecule has 3 nitrogen and oxygen atoms in total. The maximum absolute atomic E-state index is 5.59. The largest absolute Gasteiger partial charge is 0.381 e. The van der Waals surface area contributed by atoms with Crippen LogP contribution in [-0.4, -0.2) is 37.5 Å². The summed E-state index contributed by atoms with van der Waals surface area (Å²) in [5.74, 6) is 0.147. The molecule has 0 spiro atoms. The number of rotatable bonds is 6. The molecule has 1 aliphatic heterocycles. The molecule has 4 heteroatoms. The van der Waals surface area contributed by atoms with E-state index in [1.54, 1.807) is 0 Å². The lowest BCUT2D eigenvalue weighted by molar-refractivity contribution is -0.262. The van der Waals surface area contributed by atoms with Gasteiger partial charge in [-0.1, -0.05) is 15.9 Å². The summed E-state index contributed by atoms with van der Waals surface area (Å²) in [6.45, 7) is 7.18. The zero-order chi connectivity index (χ0) is 11.1. The molecule has 0 aromatic carbocycles. The Balaban J connectivity index is 1.99. The van der Waals surface area contributed by atoms with Crippen LogP contribution in [-0.2, 0) is 14.2 Å². The van der Waals surface area contributed by atoms with E-state index in [1.807, 2.05) is 13.8 Å². The van der Waals surface area contributed by atoms with Gasteiger partial charge in [-0.3, -0.25) is 0 Å². The second-order valence-corrected chi connectivity index (χ2v) is 5.12. The Morgan fingerprint density at radius 1 is 1.27 bits per heavy atom. The van der Waals surface area contributed by atoms with E-state index < -0.39 is 0 Å². The van der Waals surface area contributed by atoms with Gasteiger partial charge in [0.25, 0.3) is 0 Å². The average Bonchev–Trinajstić information content (AvgIpc) is 2.20. The highest BCUT2D eigenvalue weighted by Crippen LogP contribution is 2.22. The lowest BCUT2D eigenvalue weighted by Crippen LogP contribution is -2.39. The van der Waals surface area contributed by atoms with Crippen molar-refractivity contribution in [3.05, 3.63) is 0 Å². The molecule has 0 saturated carbocycles. The maximum atomic E-state index is 5.59. The first-order valence-electron chi connectivity index (χ1n) is 5.55. The topological polar surface area (TPSA) is 27.7 Å². The van der Waals surface area contributed by atoms with Gasteiger partial charge in [0, 0.05) is 17.9 Å². The Morgan fingerprint density at radius 2 is 1.93 bits per heavy atom. The summed E-state index contributed by atoms with van der Waals surface area (Å²) in [6.07, 6.45) is 2.21. The van der Waals surface area contributed by atoms with E-state index in [4.69, 9.17) is 14.2 Å². The van der Waals surface area contributed by atoms with Crippen molar-refractivity contribution in [1.29, 1.82) is 0 Å². The summed E-state index contributed by atoms with van der Waals surface area (Å²) in [5, 5.41) is 0.914. The molecular weight excluding hydrogens is 260 g/mol. The van der Waals surface area contributed by atoms with Gasteiger partial charge in [-0.15, -0.1) is 0 Å². The first-order valence-corrected chi connectivity index (χ1v) is 6.68. The number of halogens is 1. The van der Waals surface area contributed by atoms with Crippen LogP contribution in [0, 0.1) is 5.92 Å². The quantitative estimate of drug-likeness (QED) is 0.553. The van der Waals surface area contributed by atoms with Crippen LogP contribution in [0.4, 0.5) is 0 Å². The van der Waals surface area contributed by atoms with Crippen LogP contribution in [0.15, 0.2) is 0 Å². The Hall–Kier alpha value is 0.360. The smallest absolute Gasteiger partial charge is 0.162 e. The Labute approximate surface area is 101 Å². The Kier molecular flexibility index (Phi) is 6.12. The van der Waals surface area contributed by atoms with Gasteiger partial charge in [0.2, 0.25) is 0 Å². The molecule has 1 heterocycles. The molecule has 0 radical (unpaired) electrons. The Morgan fingerprint density at radius 3 is 2.53 bits per heavy atom. The predicted molar refractivity (Wildman–Crippen MR) is 63.3 cm³/mol. The minimum atomic E-state index is -0.386. The van der Waals surface area contributed by atoms with E-state index >= 15 is 0 Å². The van der Waals surface area contributed by atoms with Crippen LogP contribution in [0.5, 0.6) is 0 Å². The summed E-state index contributed by atoms with van der Waals surface area (Å²) >= 11 is 3.33. The molecule has 1 rings (SSSR count). The van der Waals surface area contributed by atoms with Gasteiger partial charge < -0.3 is 14.2 Å². The zero-order valence-corrected chi connectivity index (χ0v) is 11.2. The number of alkyl halides is 1. The van der Waals surface area contributed by atoms with E-state index in [1.165, 1.54) is 0 Å². The average molecular weight is 281 g/mol. The molecule has 0 aromatic heterocycles. The van der Waals surface area contributed by atoms with Crippen LogP contribution >= 0.6 is 15.9 Å². The zero-order valence-electron chi connectivity index (χ0n) is 9.63. The van der Waals surface area contributed by atoms with E-state index in [-0.39, 0.29) is 5.79 Å². The molecule has 1 aliphatic rings. The fourth-order valence-corrected chi connectivity index (χ4v) is 1.75. The normalized spacial score (nSPS) is 21.8. The van der Waals surface area contributed by atoms with Gasteiger partial charge in [-0.05, 0) is 26.7 Å². The van der Waals surface area contributed by atoms with Gasteiger partial charge in [-0.25, -0.2) is 0 Å². The van der Waals surface area contributed by atoms with Crippen LogP contribution in [0.1, 0.15) is 26.7 Å². The summed E-state index contributed by atoms with van der Waals surface area (Å²) in [7, 11) is 0. The summed E-state index contributed by atoms with van der Waals surface area (Å²) < 4.78 is 16.6. The molecule has 0 aromatic rings. The third-order valence-corrected chi connectivity index (χ3v) is 2.78. The van der Waals surface area contributed by atoms with Crippen molar-refractivity contribution in [2.45, 2.75) is 32.5 Å². The number of ether oxygens (including phenoxy) is 3. The summed E-state index contributed by atoms with van der Waals surface area (Å²) in [6, 6.07) is 0. The van der Waals surface area contributed by atoms with Crippen molar-refractivity contribution in [1.82, 2.24) is 0 Å². The fourth-order valence-electron chi connectivity index (χ4n) is 1.52. The van der Waals surface area contributed by atoms with E-state index in [2.05, 4.69) is 15.9 Å². The highest BCUT2D eigenvalue weighted by Gasteiger charge is 2.27. The minimum Gasteiger partial charge on any atom is -0.381 e. The molecule has 0 atom stereocenters. The molecule has 0 N–H and O–H groups in total. The molecule has 0 bridgehead atoms. The molecule has 0 amide bonds. The van der Waals surface area contributed by atoms with Gasteiger partial charge in [0.1, 0.15) is 0 Å².